The van der Waals surface area contributed by atoms with Gasteiger partial charge in [0, 0.05) is 12.1 Å². The van der Waals surface area contributed by atoms with E-state index in [2.05, 4.69) is 10.2 Å². The summed E-state index contributed by atoms with van der Waals surface area (Å²) in [7, 11) is 0. The average Bonchev–Trinajstić information content (AvgIpc) is 3.26. The molecule has 3 aromatic rings. The number of ether oxygens (including phenoxy) is 1. The number of nitrogens with one attached hydrogen (secondary N) is 1. The minimum Gasteiger partial charge on any atom is -0.486 e. The molecule has 1 saturated heterocycles. The Hall–Kier alpha value is -3.26. The van der Waals surface area contributed by atoms with Crippen LogP contribution in [-0.4, -0.2) is 50.9 Å². The molecule has 6 nitrogen and oxygen atoms in total. The van der Waals surface area contributed by atoms with Crippen LogP contribution in [0.3, 0.4) is 0 Å². The van der Waals surface area contributed by atoms with Gasteiger partial charge >= 0.3 is 0 Å². The number of hydrogen-bond acceptors (Lipinski definition) is 4. The molecule has 0 spiro atoms. The van der Waals surface area contributed by atoms with Crippen LogP contribution in [0.2, 0.25) is 0 Å². The van der Waals surface area contributed by atoms with Crippen LogP contribution in [-0.2, 0) is 0 Å². The second kappa shape index (κ2) is 9.31. The summed E-state index contributed by atoms with van der Waals surface area (Å²) in [5.74, 6) is -0.490. The number of hydrogen-bond donors (Lipinski definition) is 2. The van der Waals surface area contributed by atoms with Crippen molar-refractivity contribution in [1.29, 1.82) is 0 Å². The number of carbonyl (C=O) groups excluding carboxylic acids is 1. The fourth-order valence-electron chi connectivity index (χ4n) is 4.31. The Morgan fingerprint density at radius 2 is 1.97 bits per heavy atom. The van der Waals surface area contributed by atoms with E-state index in [9.17, 15) is 18.7 Å². The van der Waals surface area contributed by atoms with Crippen molar-refractivity contribution in [3.8, 4) is 17.0 Å². The predicted molar refractivity (Wildman–Crippen MR) is 120 cm³/mol. The van der Waals surface area contributed by atoms with Gasteiger partial charge in [0.2, 0.25) is 0 Å². The summed E-state index contributed by atoms with van der Waals surface area (Å²) in [6.45, 7) is 4.51. The monoisotopic (exact) mass is 455 g/mol. The molecule has 0 bridgehead atoms. The number of amides is 1. The van der Waals surface area contributed by atoms with Gasteiger partial charge < -0.3 is 14.7 Å². The molecule has 2 aromatic carbocycles. The second-order valence-corrected chi connectivity index (χ2v) is 8.91. The first-order valence-electron chi connectivity index (χ1n) is 11.0. The molecule has 0 radical (unpaired) electrons. The summed E-state index contributed by atoms with van der Waals surface area (Å²) in [5, 5.41) is 18.2. The van der Waals surface area contributed by atoms with Gasteiger partial charge in [-0.25, -0.2) is 8.78 Å². The van der Waals surface area contributed by atoms with Gasteiger partial charge in [0.1, 0.15) is 34.8 Å². The molecular weight excluding hydrogens is 428 g/mol. The standard InChI is InChI=1S/C25H27F2N3O3/c1-16(2)14-25(32)11-12-30(15-23(25)33-18-9-7-17(26)8-10-18)24(31)22-13-21(28-29-22)19-5-3-4-6-20(19)27/h3-10,13,16,23,32H,11-12,14-15H2,1-2H3,(H,28,29)/t23-,25+/m0/s1. The van der Waals surface area contributed by atoms with Crippen LogP contribution in [0, 0.1) is 17.6 Å². The highest BCUT2D eigenvalue weighted by Gasteiger charge is 2.45. The summed E-state index contributed by atoms with van der Waals surface area (Å²) < 4.78 is 33.4. The molecule has 4 rings (SSSR count). The molecule has 2 N–H and O–H groups in total. The van der Waals surface area contributed by atoms with Crippen molar-refractivity contribution in [3.63, 3.8) is 0 Å². The van der Waals surface area contributed by atoms with E-state index in [0.29, 0.717) is 36.4 Å². The summed E-state index contributed by atoms with van der Waals surface area (Å²) >= 11 is 0. The smallest absolute Gasteiger partial charge is 0.272 e. The van der Waals surface area contributed by atoms with Crippen LogP contribution in [0.4, 0.5) is 8.78 Å². The van der Waals surface area contributed by atoms with Gasteiger partial charge in [-0.2, -0.15) is 5.10 Å². The first-order valence-corrected chi connectivity index (χ1v) is 11.0. The Bertz CT molecular complexity index is 1120. The van der Waals surface area contributed by atoms with E-state index in [4.69, 9.17) is 4.74 Å². The highest BCUT2D eigenvalue weighted by atomic mass is 19.1. The van der Waals surface area contributed by atoms with E-state index in [0.717, 1.165) is 0 Å². The first kappa shape index (κ1) is 22.9. The van der Waals surface area contributed by atoms with E-state index in [1.165, 1.54) is 36.4 Å². The predicted octanol–water partition coefficient (Wildman–Crippen LogP) is 4.43. The van der Waals surface area contributed by atoms with Crippen molar-refractivity contribution in [2.24, 2.45) is 5.92 Å². The van der Waals surface area contributed by atoms with Crippen LogP contribution in [0.1, 0.15) is 37.2 Å². The van der Waals surface area contributed by atoms with E-state index in [1.54, 1.807) is 23.1 Å². The molecule has 2 heterocycles. The zero-order valence-electron chi connectivity index (χ0n) is 18.6. The van der Waals surface area contributed by atoms with Crippen molar-refractivity contribution in [1.82, 2.24) is 15.1 Å². The van der Waals surface area contributed by atoms with Crippen LogP contribution < -0.4 is 4.74 Å². The maximum Gasteiger partial charge on any atom is 0.272 e. The quantitative estimate of drug-likeness (QED) is 0.577. The molecule has 1 amide bonds. The topological polar surface area (TPSA) is 78.5 Å². The molecule has 2 atom stereocenters. The van der Waals surface area contributed by atoms with Crippen LogP contribution >= 0.6 is 0 Å². The molecule has 1 aromatic heterocycles. The number of piperidine rings is 1. The second-order valence-electron chi connectivity index (χ2n) is 8.91. The minimum atomic E-state index is -1.13. The molecule has 174 valence electrons. The number of benzene rings is 2. The number of aliphatic hydroxyl groups is 1. The van der Waals surface area contributed by atoms with Crippen molar-refractivity contribution in [2.75, 3.05) is 13.1 Å². The van der Waals surface area contributed by atoms with Gasteiger partial charge in [0.05, 0.1) is 12.2 Å². The maximum absolute atomic E-state index is 14.1. The molecular formula is C25H27F2N3O3. The van der Waals surface area contributed by atoms with E-state index < -0.39 is 17.5 Å². The lowest BCUT2D eigenvalue weighted by Crippen LogP contribution is -2.59. The van der Waals surface area contributed by atoms with E-state index in [1.807, 2.05) is 13.8 Å². The summed E-state index contributed by atoms with van der Waals surface area (Å²) in [4.78, 5) is 14.8. The van der Waals surface area contributed by atoms with Gasteiger partial charge in [-0.05, 0) is 61.2 Å². The highest BCUT2D eigenvalue weighted by molar-refractivity contribution is 5.93. The number of rotatable bonds is 6. The maximum atomic E-state index is 14.1. The van der Waals surface area contributed by atoms with Gasteiger partial charge in [-0.3, -0.25) is 9.89 Å². The Labute approximate surface area is 191 Å². The van der Waals surface area contributed by atoms with Crippen molar-refractivity contribution < 1.29 is 23.4 Å². The molecule has 0 aliphatic carbocycles. The third-order valence-corrected chi connectivity index (χ3v) is 5.90. The Balaban J connectivity index is 1.54. The Morgan fingerprint density at radius 1 is 1.24 bits per heavy atom. The lowest BCUT2D eigenvalue weighted by atomic mass is 9.81. The lowest BCUT2D eigenvalue weighted by molar-refractivity contribution is -0.111. The minimum absolute atomic E-state index is 0.146. The molecule has 0 saturated carbocycles. The number of nitrogens with zero attached hydrogens (tertiary/aromatic N) is 2. The van der Waals surface area contributed by atoms with Crippen molar-refractivity contribution in [2.45, 2.75) is 38.4 Å². The van der Waals surface area contributed by atoms with Gasteiger partial charge in [-0.15, -0.1) is 0 Å². The molecule has 1 fully saturated rings. The van der Waals surface area contributed by atoms with Crippen molar-refractivity contribution >= 4 is 5.91 Å². The van der Waals surface area contributed by atoms with Crippen molar-refractivity contribution in [3.05, 3.63) is 71.9 Å². The van der Waals surface area contributed by atoms with E-state index >= 15 is 0 Å². The van der Waals surface area contributed by atoms with Gasteiger partial charge in [0.15, 0.2) is 0 Å². The third-order valence-electron chi connectivity index (χ3n) is 5.90. The fourth-order valence-corrected chi connectivity index (χ4v) is 4.31. The summed E-state index contributed by atoms with van der Waals surface area (Å²) in [5.41, 5.74) is -0.270. The zero-order chi connectivity index (χ0) is 23.6. The van der Waals surface area contributed by atoms with Crippen LogP contribution in [0.5, 0.6) is 5.75 Å². The number of H-pyrrole nitrogens is 1. The normalized spacial score (nSPS) is 20.8. The number of aromatic nitrogens is 2. The van der Waals surface area contributed by atoms with Gasteiger partial charge in [-0.1, -0.05) is 26.0 Å². The Kier molecular flexibility index (Phi) is 6.47. The SMILES string of the molecule is CC(C)C[C@]1(O)CCN(C(=O)c2cc(-c3ccccc3F)n[nH]2)C[C@@H]1Oc1ccc(F)cc1. The number of aromatic amines is 1. The summed E-state index contributed by atoms with van der Waals surface area (Å²) in [6, 6.07) is 13.3. The molecule has 8 heteroatoms. The largest absolute Gasteiger partial charge is 0.486 e. The zero-order valence-corrected chi connectivity index (χ0v) is 18.6. The van der Waals surface area contributed by atoms with Gasteiger partial charge in [0.25, 0.3) is 5.91 Å². The first-order chi connectivity index (χ1) is 15.7. The fraction of sp³-hybridized carbons (Fsp3) is 0.360. The van der Waals surface area contributed by atoms with Crippen LogP contribution in [0.15, 0.2) is 54.6 Å². The number of halogens is 2. The Morgan fingerprint density at radius 3 is 2.67 bits per heavy atom. The van der Waals surface area contributed by atoms with E-state index in [-0.39, 0.29) is 29.9 Å². The van der Waals surface area contributed by atoms with Crippen LogP contribution in [0.25, 0.3) is 11.3 Å². The number of carbonyl (C=O) groups is 1. The third kappa shape index (κ3) is 5.06. The highest BCUT2D eigenvalue weighted by Crippen LogP contribution is 2.33. The number of likely N-dealkylation sites (tertiary alicyclic amines) is 1. The molecule has 0 unspecified atom stereocenters. The average molecular weight is 456 g/mol. The molecule has 33 heavy (non-hydrogen) atoms. The molecule has 1 aliphatic heterocycles. The summed E-state index contributed by atoms with van der Waals surface area (Å²) in [6.07, 6.45) is 0.136. The lowest BCUT2D eigenvalue weighted by Gasteiger charge is -2.45. The molecule has 1 aliphatic rings.